The fraction of sp³-hybridized carbons (Fsp3) is 0.500. The molecular formula is C14H23N7O. The topological polar surface area (TPSA) is 83.5 Å². The molecule has 1 atom stereocenters. The van der Waals surface area contributed by atoms with E-state index in [1.165, 1.54) is 6.33 Å². The van der Waals surface area contributed by atoms with Crippen molar-refractivity contribution in [2.45, 2.75) is 12.6 Å². The molecule has 0 saturated heterocycles. The number of aliphatic imine (C=N–C) groups is 1. The van der Waals surface area contributed by atoms with E-state index in [2.05, 4.69) is 30.6 Å². The van der Waals surface area contributed by atoms with Gasteiger partial charge in [-0.05, 0) is 26.2 Å². The molecule has 8 nitrogen and oxygen atoms in total. The van der Waals surface area contributed by atoms with Crippen molar-refractivity contribution in [3.63, 3.8) is 0 Å². The predicted molar refractivity (Wildman–Crippen MR) is 84.3 cm³/mol. The van der Waals surface area contributed by atoms with Gasteiger partial charge in [-0.1, -0.05) is 0 Å². The number of aromatic nitrogens is 3. The second-order valence-electron chi connectivity index (χ2n) is 5.10. The number of furan rings is 1. The Kier molecular flexibility index (Phi) is 5.54. The number of nitrogens with one attached hydrogen (secondary N) is 2. The number of aryl methyl sites for hydroxylation is 1. The van der Waals surface area contributed by atoms with E-state index in [1.807, 2.05) is 33.3 Å². The molecule has 2 aromatic rings. The highest BCUT2D eigenvalue weighted by atomic mass is 16.3. The van der Waals surface area contributed by atoms with E-state index in [1.54, 1.807) is 18.0 Å². The van der Waals surface area contributed by atoms with Crippen molar-refractivity contribution in [1.29, 1.82) is 0 Å². The lowest BCUT2D eigenvalue weighted by molar-refractivity contribution is 0.258. The Morgan fingerprint density at radius 1 is 1.45 bits per heavy atom. The van der Waals surface area contributed by atoms with Gasteiger partial charge >= 0.3 is 0 Å². The van der Waals surface area contributed by atoms with Crippen LogP contribution in [0.25, 0.3) is 0 Å². The van der Waals surface area contributed by atoms with Gasteiger partial charge < -0.3 is 15.1 Å². The first-order chi connectivity index (χ1) is 10.6. The summed E-state index contributed by atoms with van der Waals surface area (Å²) in [6.45, 7) is 1.24. The largest absolute Gasteiger partial charge is 0.468 e. The van der Waals surface area contributed by atoms with Crippen LogP contribution in [-0.4, -0.2) is 53.3 Å². The first kappa shape index (κ1) is 16.0. The van der Waals surface area contributed by atoms with Crippen LogP contribution in [0.1, 0.15) is 17.6 Å². The van der Waals surface area contributed by atoms with Gasteiger partial charge in [-0.3, -0.25) is 14.6 Å². The van der Waals surface area contributed by atoms with E-state index in [4.69, 9.17) is 4.42 Å². The van der Waals surface area contributed by atoms with E-state index in [-0.39, 0.29) is 6.04 Å². The summed E-state index contributed by atoms with van der Waals surface area (Å²) in [6, 6.07) is 4.00. The zero-order chi connectivity index (χ0) is 15.9. The predicted octanol–water partition coefficient (Wildman–Crippen LogP) is 0.376. The summed E-state index contributed by atoms with van der Waals surface area (Å²) in [7, 11) is 7.64. The molecule has 0 radical (unpaired) electrons. The number of hydrogen-bond acceptors (Lipinski definition) is 5. The molecule has 0 spiro atoms. The SMILES string of the molecule is CN=C(NCc1ncnn1C)NCC(c1ccco1)N(C)C. The van der Waals surface area contributed by atoms with Crippen LogP contribution in [0.2, 0.25) is 0 Å². The van der Waals surface area contributed by atoms with Crippen molar-refractivity contribution in [2.75, 3.05) is 27.7 Å². The van der Waals surface area contributed by atoms with Gasteiger partial charge in [0.1, 0.15) is 17.9 Å². The van der Waals surface area contributed by atoms with Crippen molar-refractivity contribution in [1.82, 2.24) is 30.3 Å². The lowest BCUT2D eigenvalue weighted by Crippen LogP contribution is -2.41. The standard InChI is InChI=1S/C14H23N7O/c1-15-14(17-9-13-18-10-19-21(13)4)16-8-11(20(2)3)12-6-5-7-22-12/h5-7,10-11H,8-9H2,1-4H3,(H2,15,16,17). The number of nitrogens with zero attached hydrogens (tertiary/aromatic N) is 5. The molecule has 22 heavy (non-hydrogen) atoms. The molecule has 0 aliphatic heterocycles. The van der Waals surface area contributed by atoms with Crippen molar-refractivity contribution in [3.05, 3.63) is 36.3 Å². The minimum atomic E-state index is 0.128. The molecule has 0 aliphatic carbocycles. The summed E-state index contributed by atoms with van der Waals surface area (Å²) in [5, 5.41) is 10.6. The fourth-order valence-corrected chi connectivity index (χ4v) is 2.08. The van der Waals surface area contributed by atoms with E-state index in [9.17, 15) is 0 Å². The van der Waals surface area contributed by atoms with Crippen LogP contribution >= 0.6 is 0 Å². The first-order valence-electron chi connectivity index (χ1n) is 7.09. The van der Waals surface area contributed by atoms with E-state index < -0.39 is 0 Å². The van der Waals surface area contributed by atoms with Crippen LogP contribution in [0.5, 0.6) is 0 Å². The van der Waals surface area contributed by atoms with Crippen LogP contribution in [-0.2, 0) is 13.6 Å². The van der Waals surface area contributed by atoms with Crippen molar-refractivity contribution in [2.24, 2.45) is 12.0 Å². The molecule has 0 aliphatic rings. The van der Waals surface area contributed by atoms with Crippen LogP contribution in [0.15, 0.2) is 34.1 Å². The van der Waals surface area contributed by atoms with Gasteiger partial charge in [0.2, 0.25) is 0 Å². The Balaban J connectivity index is 1.89. The highest BCUT2D eigenvalue weighted by Crippen LogP contribution is 2.17. The molecule has 2 heterocycles. The Morgan fingerprint density at radius 2 is 2.27 bits per heavy atom. The van der Waals surface area contributed by atoms with E-state index >= 15 is 0 Å². The molecular weight excluding hydrogens is 282 g/mol. The number of hydrogen-bond donors (Lipinski definition) is 2. The van der Waals surface area contributed by atoms with Crippen molar-refractivity contribution < 1.29 is 4.42 Å². The average molecular weight is 305 g/mol. The summed E-state index contributed by atoms with van der Waals surface area (Å²) >= 11 is 0. The summed E-state index contributed by atoms with van der Waals surface area (Å²) in [5.74, 6) is 2.47. The van der Waals surface area contributed by atoms with Gasteiger partial charge in [0.15, 0.2) is 5.96 Å². The Labute approximate surface area is 130 Å². The lowest BCUT2D eigenvalue weighted by Gasteiger charge is -2.23. The molecule has 2 N–H and O–H groups in total. The van der Waals surface area contributed by atoms with Gasteiger partial charge in [0.25, 0.3) is 0 Å². The second-order valence-corrected chi connectivity index (χ2v) is 5.10. The van der Waals surface area contributed by atoms with Gasteiger partial charge in [0.05, 0.1) is 18.8 Å². The fourth-order valence-electron chi connectivity index (χ4n) is 2.08. The Morgan fingerprint density at radius 3 is 2.82 bits per heavy atom. The van der Waals surface area contributed by atoms with Gasteiger partial charge in [-0.15, -0.1) is 0 Å². The van der Waals surface area contributed by atoms with Crippen LogP contribution in [0.3, 0.4) is 0 Å². The summed E-state index contributed by atoms with van der Waals surface area (Å²) in [6.07, 6.45) is 3.22. The van der Waals surface area contributed by atoms with Crippen molar-refractivity contribution in [3.8, 4) is 0 Å². The zero-order valence-electron chi connectivity index (χ0n) is 13.4. The molecule has 0 amide bonds. The zero-order valence-corrected chi connectivity index (χ0v) is 13.4. The highest BCUT2D eigenvalue weighted by molar-refractivity contribution is 5.79. The maximum atomic E-state index is 5.49. The minimum Gasteiger partial charge on any atom is -0.468 e. The normalized spacial score (nSPS) is 13.4. The molecule has 8 heteroatoms. The maximum Gasteiger partial charge on any atom is 0.191 e. The molecule has 0 aromatic carbocycles. The summed E-state index contributed by atoms with van der Waals surface area (Å²) in [5.41, 5.74) is 0. The molecule has 0 fully saturated rings. The second kappa shape index (κ2) is 7.60. The third-order valence-electron chi connectivity index (χ3n) is 3.40. The molecule has 2 rings (SSSR count). The summed E-state index contributed by atoms with van der Waals surface area (Å²) in [4.78, 5) is 10.5. The Hall–Kier alpha value is -2.35. The summed E-state index contributed by atoms with van der Waals surface area (Å²) < 4.78 is 7.22. The van der Waals surface area contributed by atoms with Gasteiger partial charge in [0, 0.05) is 20.6 Å². The quantitative estimate of drug-likeness (QED) is 0.593. The molecule has 0 bridgehead atoms. The molecule has 2 aromatic heterocycles. The Bertz CT molecular complexity index is 588. The number of guanidine groups is 1. The molecule has 120 valence electrons. The van der Waals surface area contributed by atoms with Gasteiger partial charge in [-0.2, -0.15) is 5.10 Å². The lowest BCUT2D eigenvalue weighted by atomic mass is 10.2. The third-order valence-corrected chi connectivity index (χ3v) is 3.40. The van der Waals surface area contributed by atoms with E-state index in [0.29, 0.717) is 19.0 Å². The smallest absolute Gasteiger partial charge is 0.191 e. The monoisotopic (exact) mass is 305 g/mol. The maximum absolute atomic E-state index is 5.49. The molecule has 1 unspecified atom stereocenters. The van der Waals surface area contributed by atoms with Crippen LogP contribution in [0, 0.1) is 0 Å². The third kappa shape index (κ3) is 4.08. The molecule has 0 saturated carbocycles. The highest BCUT2D eigenvalue weighted by Gasteiger charge is 2.17. The average Bonchev–Trinajstić information content (AvgIpc) is 3.14. The van der Waals surface area contributed by atoms with Crippen molar-refractivity contribution >= 4 is 5.96 Å². The van der Waals surface area contributed by atoms with Crippen LogP contribution < -0.4 is 10.6 Å². The number of likely N-dealkylation sites (N-methyl/N-ethyl adjacent to an activating group) is 1. The first-order valence-corrected chi connectivity index (χ1v) is 7.09. The van der Waals surface area contributed by atoms with Crippen LogP contribution in [0.4, 0.5) is 0 Å². The van der Waals surface area contributed by atoms with E-state index in [0.717, 1.165) is 11.6 Å². The minimum absolute atomic E-state index is 0.128. The van der Waals surface area contributed by atoms with Gasteiger partial charge in [-0.25, -0.2) is 4.98 Å². The number of rotatable bonds is 6.